The number of piperidine rings is 1. The molecule has 0 radical (unpaired) electrons. The molecular formula is C25H28ClN7S. The van der Waals surface area contributed by atoms with Gasteiger partial charge in [0, 0.05) is 53.6 Å². The van der Waals surface area contributed by atoms with Gasteiger partial charge in [-0.25, -0.2) is 15.0 Å². The van der Waals surface area contributed by atoms with Crippen LogP contribution in [0.5, 0.6) is 0 Å². The number of rotatable bonds is 4. The Morgan fingerprint density at radius 3 is 2.85 bits per heavy atom. The van der Waals surface area contributed by atoms with E-state index in [0.29, 0.717) is 23.4 Å². The summed E-state index contributed by atoms with van der Waals surface area (Å²) >= 11 is 11.7. The zero-order valence-electron chi connectivity index (χ0n) is 19.6. The van der Waals surface area contributed by atoms with Crippen LogP contribution in [0.2, 0.25) is 5.02 Å². The summed E-state index contributed by atoms with van der Waals surface area (Å²) < 4.78 is 0. The number of pyridine rings is 1. The summed E-state index contributed by atoms with van der Waals surface area (Å²) in [5.41, 5.74) is 5.45. The Kier molecular flexibility index (Phi) is 6.38. The van der Waals surface area contributed by atoms with Crippen molar-refractivity contribution in [3.05, 3.63) is 52.8 Å². The molecule has 0 spiro atoms. The van der Waals surface area contributed by atoms with E-state index < -0.39 is 0 Å². The van der Waals surface area contributed by atoms with Crippen LogP contribution in [0.25, 0.3) is 11.3 Å². The first kappa shape index (κ1) is 23.0. The Hall–Kier alpha value is -2.81. The molecule has 1 saturated heterocycles. The summed E-state index contributed by atoms with van der Waals surface area (Å²) in [4.78, 5) is 19.7. The van der Waals surface area contributed by atoms with Crippen molar-refractivity contribution >= 4 is 51.9 Å². The van der Waals surface area contributed by atoms with Crippen molar-refractivity contribution in [3.8, 4) is 11.3 Å². The molecule has 2 aromatic heterocycles. The number of hydrogen-bond acceptors (Lipinski definition) is 7. The van der Waals surface area contributed by atoms with Gasteiger partial charge in [0.05, 0.1) is 22.1 Å². The molecule has 176 valence electrons. The summed E-state index contributed by atoms with van der Waals surface area (Å²) in [6.45, 7) is 4.05. The predicted molar refractivity (Wildman–Crippen MR) is 144 cm³/mol. The van der Waals surface area contributed by atoms with Crippen molar-refractivity contribution in [3.63, 3.8) is 0 Å². The van der Waals surface area contributed by atoms with Gasteiger partial charge >= 0.3 is 0 Å². The lowest BCUT2D eigenvalue weighted by Gasteiger charge is -2.37. The lowest BCUT2D eigenvalue weighted by atomic mass is 10.0. The van der Waals surface area contributed by atoms with Crippen molar-refractivity contribution in [2.24, 2.45) is 0 Å². The molecule has 2 N–H and O–H groups in total. The van der Waals surface area contributed by atoms with Gasteiger partial charge in [-0.05, 0) is 64.2 Å². The highest BCUT2D eigenvalue weighted by atomic mass is 35.5. The van der Waals surface area contributed by atoms with Crippen molar-refractivity contribution in [1.82, 2.24) is 19.9 Å². The Labute approximate surface area is 210 Å². The van der Waals surface area contributed by atoms with Crippen molar-refractivity contribution < 1.29 is 0 Å². The van der Waals surface area contributed by atoms with Gasteiger partial charge in [-0.15, -0.1) is 0 Å². The van der Waals surface area contributed by atoms with E-state index in [0.717, 1.165) is 57.8 Å². The van der Waals surface area contributed by atoms with Crippen LogP contribution in [0.3, 0.4) is 0 Å². The zero-order chi connectivity index (χ0) is 23.8. The first-order valence-corrected chi connectivity index (χ1v) is 12.3. The predicted octanol–water partition coefficient (Wildman–Crippen LogP) is 5.07. The molecule has 1 unspecified atom stereocenters. The number of nitrogens with zero attached hydrogens (tertiary/aromatic N) is 5. The van der Waals surface area contributed by atoms with E-state index in [1.165, 1.54) is 12.8 Å². The van der Waals surface area contributed by atoms with E-state index in [1.807, 2.05) is 31.3 Å². The summed E-state index contributed by atoms with van der Waals surface area (Å²) in [6.07, 6.45) is 4.83. The van der Waals surface area contributed by atoms with Gasteiger partial charge in [0.2, 0.25) is 5.95 Å². The van der Waals surface area contributed by atoms with E-state index in [2.05, 4.69) is 51.6 Å². The molecule has 0 amide bonds. The average molecular weight is 494 g/mol. The number of likely N-dealkylation sites (N-methyl/N-ethyl adjacent to an activating group) is 1. The molecule has 0 aliphatic carbocycles. The monoisotopic (exact) mass is 493 g/mol. The lowest BCUT2D eigenvalue weighted by Crippen LogP contribution is -2.45. The third-order valence-electron chi connectivity index (χ3n) is 6.49. The van der Waals surface area contributed by atoms with E-state index in [-0.39, 0.29) is 0 Å². The molecule has 2 aliphatic heterocycles. The first-order chi connectivity index (χ1) is 16.4. The molecule has 0 bridgehead atoms. The molecule has 1 fully saturated rings. The van der Waals surface area contributed by atoms with Crippen molar-refractivity contribution in [1.29, 1.82) is 0 Å². The maximum atomic E-state index is 6.21. The molecule has 4 heterocycles. The van der Waals surface area contributed by atoms with Crippen LogP contribution in [0, 0.1) is 6.92 Å². The minimum Gasteiger partial charge on any atom is -0.355 e. The Morgan fingerprint density at radius 2 is 2.06 bits per heavy atom. The summed E-state index contributed by atoms with van der Waals surface area (Å²) in [5, 5.41) is 7.29. The fraction of sp³-hybridized carbons (Fsp3) is 0.360. The summed E-state index contributed by atoms with van der Waals surface area (Å²) in [7, 11) is 4.30. The summed E-state index contributed by atoms with van der Waals surface area (Å²) in [6, 6.07) is 10.4. The van der Waals surface area contributed by atoms with Gasteiger partial charge in [0.25, 0.3) is 0 Å². The number of anilines is 4. The highest BCUT2D eigenvalue weighted by molar-refractivity contribution is 7.80. The highest BCUT2D eigenvalue weighted by Crippen LogP contribution is 2.35. The summed E-state index contributed by atoms with van der Waals surface area (Å²) in [5.74, 6) is 1.54. The molecule has 3 aromatic rings. The number of thiocarbonyl (C=S) groups is 1. The second-order valence-corrected chi connectivity index (χ2v) is 10.0. The number of benzene rings is 1. The van der Waals surface area contributed by atoms with Gasteiger partial charge in [-0.2, -0.15) is 0 Å². The van der Waals surface area contributed by atoms with Crippen LogP contribution in [0.4, 0.5) is 23.1 Å². The normalized spacial score (nSPS) is 17.6. The SMILES string of the molecule is Cc1nc(N2CCCC(N(C)C)C2)ccc1Nc1ncc2c(n1)-c1ccc(Cl)cc1NC(=S)C2. The number of halogens is 1. The van der Waals surface area contributed by atoms with Crippen LogP contribution in [-0.4, -0.2) is 58.1 Å². The van der Waals surface area contributed by atoms with Crippen molar-refractivity contribution in [2.45, 2.75) is 32.2 Å². The minimum absolute atomic E-state index is 0.524. The molecule has 0 saturated carbocycles. The average Bonchev–Trinajstić information content (AvgIpc) is 2.95. The quantitative estimate of drug-likeness (QED) is 0.488. The Morgan fingerprint density at radius 1 is 1.21 bits per heavy atom. The second kappa shape index (κ2) is 9.44. The zero-order valence-corrected chi connectivity index (χ0v) is 21.2. The smallest absolute Gasteiger partial charge is 0.227 e. The molecule has 1 aromatic carbocycles. The standard InChI is InChI=1S/C25H28ClN7S/c1-15-20(8-9-22(28-15)33-10-4-5-18(14-33)32(2)3)30-25-27-13-16-11-23(34)29-21-12-17(26)6-7-19(21)24(16)31-25/h6-9,12-13,18H,4-5,10-11,14H2,1-3H3,(H,29,34)(H,27,30,31). The van der Waals surface area contributed by atoms with E-state index in [4.69, 9.17) is 33.8 Å². The van der Waals surface area contributed by atoms with Gasteiger partial charge in [-0.3, -0.25) is 0 Å². The molecule has 9 heteroatoms. The first-order valence-electron chi connectivity index (χ1n) is 11.5. The number of fused-ring (bicyclic) bond motifs is 3. The largest absolute Gasteiger partial charge is 0.355 e. The van der Waals surface area contributed by atoms with Crippen molar-refractivity contribution in [2.75, 3.05) is 42.7 Å². The number of hydrogen-bond donors (Lipinski definition) is 2. The topological polar surface area (TPSA) is 69.2 Å². The molecule has 34 heavy (non-hydrogen) atoms. The van der Waals surface area contributed by atoms with Crippen LogP contribution in [0.15, 0.2) is 36.5 Å². The Bertz CT molecular complexity index is 1250. The third-order valence-corrected chi connectivity index (χ3v) is 6.98. The number of aryl methyl sites for hydroxylation is 1. The maximum absolute atomic E-state index is 6.21. The molecule has 7 nitrogen and oxygen atoms in total. The maximum Gasteiger partial charge on any atom is 0.227 e. The van der Waals surface area contributed by atoms with E-state index in [1.54, 1.807) is 0 Å². The van der Waals surface area contributed by atoms with Crippen LogP contribution in [0.1, 0.15) is 24.1 Å². The van der Waals surface area contributed by atoms with Crippen LogP contribution >= 0.6 is 23.8 Å². The molecule has 2 aliphatic rings. The van der Waals surface area contributed by atoms with Gasteiger partial charge in [-0.1, -0.05) is 23.8 Å². The van der Waals surface area contributed by atoms with Crippen LogP contribution in [-0.2, 0) is 6.42 Å². The molecule has 5 rings (SSSR count). The fourth-order valence-electron chi connectivity index (χ4n) is 4.58. The third kappa shape index (κ3) is 4.71. The number of nitrogens with one attached hydrogen (secondary N) is 2. The van der Waals surface area contributed by atoms with Gasteiger partial charge < -0.3 is 20.4 Å². The Balaban J connectivity index is 1.41. The molecular weight excluding hydrogens is 466 g/mol. The second-order valence-electron chi connectivity index (χ2n) is 9.12. The van der Waals surface area contributed by atoms with E-state index >= 15 is 0 Å². The number of aromatic nitrogens is 3. The lowest BCUT2D eigenvalue weighted by molar-refractivity contribution is 0.257. The van der Waals surface area contributed by atoms with Crippen LogP contribution < -0.4 is 15.5 Å². The highest BCUT2D eigenvalue weighted by Gasteiger charge is 2.23. The van der Waals surface area contributed by atoms with E-state index in [9.17, 15) is 0 Å². The molecule has 1 atom stereocenters. The van der Waals surface area contributed by atoms with Gasteiger partial charge in [0.1, 0.15) is 5.82 Å². The minimum atomic E-state index is 0.524. The fourth-order valence-corrected chi connectivity index (χ4v) is 5.02. The van der Waals surface area contributed by atoms with Gasteiger partial charge in [0.15, 0.2) is 0 Å².